The highest BCUT2D eigenvalue weighted by molar-refractivity contribution is 5.87. The summed E-state index contributed by atoms with van der Waals surface area (Å²) in [7, 11) is 0. The van der Waals surface area contributed by atoms with Crippen molar-refractivity contribution in [1.29, 1.82) is 0 Å². The first kappa shape index (κ1) is 15.2. The van der Waals surface area contributed by atoms with Gasteiger partial charge < -0.3 is 15.2 Å². The van der Waals surface area contributed by atoms with Crippen LogP contribution in [0.5, 0.6) is 0 Å². The van der Waals surface area contributed by atoms with Crippen LogP contribution in [0.3, 0.4) is 0 Å². The maximum atomic E-state index is 11.1. The number of nitrogens with one attached hydrogen (secondary N) is 1. The number of carboxylic acid groups (broad SMARTS) is 1. The summed E-state index contributed by atoms with van der Waals surface area (Å²) in [6.07, 6.45) is 2.15. The molecule has 2 N–H and O–H groups in total. The summed E-state index contributed by atoms with van der Waals surface area (Å²) in [4.78, 5) is 11.1. The third-order valence-corrected chi connectivity index (χ3v) is 5.22. The average molecular weight is 323 g/mol. The van der Waals surface area contributed by atoms with Gasteiger partial charge in [0.25, 0.3) is 0 Å². The molecule has 0 aromatic heterocycles. The monoisotopic (exact) mass is 323 g/mol. The molecule has 0 saturated carbocycles. The Bertz CT molecular complexity index is 769. The van der Waals surface area contributed by atoms with Crippen molar-refractivity contribution in [3.8, 4) is 0 Å². The molecule has 2 aliphatic heterocycles. The molecule has 0 radical (unpaired) electrons. The quantitative estimate of drug-likeness (QED) is 0.889. The molecule has 2 aliphatic rings. The summed E-state index contributed by atoms with van der Waals surface area (Å²) in [5.74, 6) is -0.516. The molecule has 0 amide bonds. The summed E-state index contributed by atoms with van der Waals surface area (Å²) in [6.45, 7) is 2.94. The lowest BCUT2D eigenvalue weighted by Gasteiger charge is -2.36. The van der Waals surface area contributed by atoms with Gasteiger partial charge in [-0.3, -0.25) is 0 Å². The molecule has 2 heterocycles. The number of carbonyl (C=O) groups is 1. The zero-order valence-corrected chi connectivity index (χ0v) is 13.7. The summed E-state index contributed by atoms with van der Waals surface area (Å²) in [5.41, 5.74) is 5.15. The van der Waals surface area contributed by atoms with Crippen molar-refractivity contribution in [3.05, 3.63) is 64.7 Å². The molecule has 4 rings (SSSR count). The SMILES string of the molecule is CCc1ccc2c(c1)[C@H]1OCC[C@H]1[C@H](c1ccc(C(=O)O)cc1)N2. The number of benzene rings is 2. The Hall–Kier alpha value is -2.33. The number of anilines is 1. The van der Waals surface area contributed by atoms with Gasteiger partial charge in [-0.15, -0.1) is 0 Å². The van der Waals surface area contributed by atoms with Crippen LogP contribution in [0.4, 0.5) is 5.69 Å². The van der Waals surface area contributed by atoms with Crippen LogP contribution in [0, 0.1) is 5.92 Å². The minimum Gasteiger partial charge on any atom is -0.478 e. The van der Waals surface area contributed by atoms with Crippen LogP contribution in [0.25, 0.3) is 0 Å². The number of carboxylic acids is 1. The van der Waals surface area contributed by atoms with Crippen molar-refractivity contribution in [3.63, 3.8) is 0 Å². The van der Waals surface area contributed by atoms with Gasteiger partial charge in [-0.1, -0.05) is 31.2 Å². The van der Waals surface area contributed by atoms with Gasteiger partial charge in [-0.05, 0) is 42.2 Å². The molecule has 0 unspecified atom stereocenters. The third kappa shape index (κ3) is 2.47. The minimum atomic E-state index is -0.891. The lowest BCUT2D eigenvalue weighted by atomic mass is 9.80. The third-order valence-electron chi connectivity index (χ3n) is 5.22. The standard InChI is InChI=1S/C20H21NO3/c1-2-12-3-8-17-16(11-12)19-15(9-10-24-19)18(21-17)13-4-6-14(7-5-13)20(22)23/h3-8,11,15,18-19,21H,2,9-10H2,1H3,(H,22,23)/t15-,18-,19-/m0/s1. The van der Waals surface area contributed by atoms with Crippen LogP contribution < -0.4 is 5.32 Å². The van der Waals surface area contributed by atoms with Crippen molar-refractivity contribution in [2.24, 2.45) is 5.92 Å². The van der Waals surface area contributed by atoms with Gasteiger partial charge in [0.2, 0.25) is 0 Å². The fourth-order valence-corrected chi connectivity index (χ4v) is 3.91. The largest absolute Gasteiger partial charge is 0.478 e. The second-order valence-corrected chi connectivity index (χ2v) is 6.57. The Kier molecular flexibility index (Phi) is 3.77. The highest BCUT2D eigenvalue weighted by Gasteiger charge is 2.41. The number of rotatable bonds is 3. The highest BCUT2D eigenvalue weighted by Crippen LogP contribution is 2.50. The summed E-state index contributed by atoms with van der Waals surface area (Å²) >= 11 is 0. The van der Waals surface area contributed by atoms with E-state index in [-0.39, 0.29) is 12.1 Å². The molecule has 0 spiro atoms. The van der Waals surface area contributed by atoms with Gasteiger partial charge >= 0.3 is 5.97 Å². The molecule has 0 bridgehead atoms. The molecule has 4 nitrogen and oxygen atoms in total. The molecule has 1 saturated heterocycles. The van der Waals surface area contributed by atoms with Gasteiger partial charge in [0.15, 0.2) is 0 Å². The van der Waals surface area contributed by atoms with Gasteiger partial charge in [-0.25, -0.2) is 4.79 Å². The molecule has 24 heavy (non-hydrogen) atoms. The zero-order valence-electron chi connectivity index (χ0n) is 13.7. The fraction of sp³-hybridized carbons (Fsp3) is 0.350. The van der Waals surface area contributed by atoms with Gasteiger partial charge in [0.1, 0.15) is 0 Å². The fourth-order valence-electron chi connectivity index (χ4n) is 3.91. The number of ether oxygens (including phenoxy) is 1. The lowest BCUT2D eigenvalue weighted by molar-refractivity contribution is 0.0696. The van der Waals surface area contributed by atoms with E-state index in [9.17, 15) is 4.79 Å². The molecule has 3 atom stereocenters. The van der Waals surface area contributed by atoms with Crippen molar-refractivity contribution in [1.82, 2.24) is 0 Å². The predicted molar refractivity (Wildman–Crippen MR) is 92.4 cm³/mol. The lowest BCUT2D eigenvalue weighted by Crippen LogP contribution is -2.29. The first-order valence-electron chi connectivity index (χ1n) is 8.51. The van der Waals surface area contributed by atoms with Crippen LogP contribution in [0.2, 0.25) is 0 Å². The second-order valence-electron chi connectivity index (χ2n) is 6.57. The zero-order chi connectivity index (χ0) is 16.7. The second kappa shape index (κ2) is 5.95. The van der Waals surface area contributed by atoms with E-state index in [4.69, 9.17) is 9.84 Å². The van der Waals surface area contributed by atoms with E-state index in [0.29, 0.717) is 11.5 Å². The van der Waals surface area contributed by atoms with Crippen molar-refractivity contribution >= 4 is 11.7 Å². The predicted octanol–water partition coefficient (Wildman–Crippen LogP) is 4.19. The molecule has 124 valence electrons. The molecule has 2 aromatic carbocycles. The van der Waals surface area contributed by atoms with Gasteiger partial charge in [-0.2, -0.15) is 0 Å². The van der Waals surface area contributed by atoms with E-state index in [1.807, 2.05) is 12.1 Å². The maximum Gasteiger partial charge on any atom is 0.335 e. The van der Waals surface area contributed by atoms with Crippen molar-refractivity contribution in [2.45, 2.75) is 31.9 Å². The van der Waals surface area contributed by atoms with E-state index in [1.54, 1.807) is 12.1 Å². The van der Waals surface area contributed by atoms with E-state index >= 15 is 0 Å². The van der Waals surface area contributed by atoms with E-state index in [2.05, 4.69) is 30.4 Å². The molecule has 2 aromatic rings. The molecule has 1 fully saturated rings. The Balaban J connectivity index is 1.71. The highest BCUT2D eigenvalue weighted by atomic mass is 16.5. The first-order chi connectivity index (χ1) is 11.7. The Morgan fingerprint density at radius 2 is 2.04 bits per heavy atom. The number of hydrogen-bond acceptors (Lipinski definition) is 3. The van der Waals surface area contributed by atoms with Crippen LogP contribution in [0.15, 0.2) is 42.5 Å². The number of hydrogen-bond donors (Lipinski definition) is 2. The van der Waals surface area contributed by atoms with Crippen LogP contribution >= 0.6 is 0 Å². The van der Waals surface area contributed by atoms with E-state index in [1.165, 1.54) is 11.1 Å². The van der Waals surface area contributed by atoms with Crippen molar-refractivity contribution < 1.29 is 14.6 Å². The van der Waals surface area contributed by atoms with Crippen LogP contribution in [-0.2, 0) is 11.2 Å². The minimum absolute atomic E-state index is 0.122. The first-order valence-corrected chi connectivity index (χ1v) is 8.51. The van der Waals surface area contributed by atoms with E-state index in [0.717, 1.165) is 30.7 Å². The van der Waals surface area contributed by atoms with Crippen LogP contribution in [-0.4, -0.2) is 17.7 Å². The summed E-state index contributed by atoms with van der Waals surface area (Å²) < 4.78 is 6.06. The van der Waals surface area contributed by atoms with Crippen LogP contribution in [0.1, 0.15) is 52.5 Å². The molecule has 0 aliphatic carbocycles. The topological polar surface area (TPSA) is 58.6 Å². The normalized spacial score (nSPS) is 24.8. The van der Waals surface area contributed by atoms with Crippen molar-refractivity contribution in [2.75, 3.05) is 11.9 Å². The smallest absolute Gasteiger partial charge is 0.335 e. The Morgan fingerprint density at radius 3 is 2.75 bits per heavy atom. The number of aryl methyl sites for hydroxylation is 1. The van der Waals surface area contributed by atoms with E-state index < -0.39 is 5.97 Å². The summed E-state index contributed by atoms with van der Waals surface area (Å²) in [5, 5.41) is 12.7. The Labute approximate surface area is 141 Å². The molecule has 4 heteroatoms. The number of aromatic carboxylic acids is 1. The Morgan fingerprint density at radius 1 is 1.25 bits per heavy atom. The molecular formula is C20H21NO3. The number of fused-ring (bicyclic) bond motifs is 3. The van der Waals surface area contributed by atoms with Gasteiger partial charge in [0.05, 0.1) is 17.7 Å². The average Bonchev–Trinajstić information content (AvgIpc) is 3.10. The summed E-state index contributed by atoms with van der Waals surface area (Å²) in [6, 6.07) is 13.9. The molecular weight excluding hydrogens is 302 g/mol. The van der Waals surface area contributed by atoms with Gasteiger partial charge in [0, 0.05) is 23.8 Å². The maximum absolute atomic E-state index is 11.1.